The minimum absolute atomic E-state index is 0.0390. The molecule has 14 heteroatoms. The molecule has 0 radical (unpaired) electrons. The van der Waals surface area contributed by atoms with Gasteiger partial charge >= 0.3 is 0 Å². The minimum Gasteiger partial charge on any atom is -0.346 e. The van der Waals surface area contributed by atoms with Crippen LogP contribution in [-0.2, 0) is 20.0 Å². The molecule has 10 nitrogen and oxygen atoms in total. The molecule has 0 aliphatic carbocycles. The number of rotatable bonds is 7. The number of hydrogen-bond acceptors (Lipinski definition) is 6. The van der Waals surface area contributed by atoms with Crippen LogP contribution in [0.15, 0.2) is 76.5 Å². The Labute approximate surface area is 242 Å². The highest BCUT2D eigenvalue weighted by molar-refractivity contribution is 7.89. The zero-order valence-corrected chi connectivity index (χ0v) is 24.4. The highest BCUT2D eigenvalue weighted by Gasteiger charge is 2.33. The smallest absolute Gasteiger partial charge is 0.253 e. The molecule has 0 bridgehead atoms. The maximum Gasteiger partial charge on any atom is 0.253 e. The summed E-state index contributed by atoms with van der Waals surface area (Å²) in [6.07, 6.45) is 0. The SMILES string of the molecule is CC(NC(=O)c1ccc(Cl)c(S(=O)(=O)N2CCN(C(=O)c3ccc(Cl)c(S(N)(=O)=O)c3)CC2)c1)c1ccccc1. The van der Waals surface area contributed by atoms with Crippen molar-refractivity contribution in [2.45, 2.75) is 22.8 Å². The number of benzene rings is 3. The van der Waals surface area contributed by atoms with Crippen LogP contribution >= 0.6 is 23.2 Å². The predicted octanol–water partition coefficient (Wildman–Crippen LogP) is 3.28. The Bertz CT molecular complexity index is 1660. The van der Waals surface area contributed by atoms with Crippen molar-refractivity contribution < 1.29 is 26.4 Å². The summed E-state index contributed by atoms with van der Waals surface area (Å²) in [7, 11) is -8.25. The zero-order valence-electron chi connectivity index (χ0n) is 21.3. The number of nitrogens with one attached hydrogen (secondary N) is 1. The molecule has 1 unspecified atom stereocenters. The fourth-order valence-electron chi connectivity index (χ4n) is 4.25. The molecule has 1 aliphatic heterocycles. The van der Waals surface area contributed by atoms with Crippen LogP contribution < -0.4 is 10.5 Å². The Hall–Kier alpha value is -3.00. The number of amides is 2. The van der Waals surface area contributed by atoms with Gasteiger partial charge in [-0.1, -0.05) is 53.5 Å². The van der Waals surface area contributed by atoms with Gasteiger partial charge in [0.1, 0.15) is 9.79 Å². The van der Waals surface area contributed by atoms with E-state index in [-0.39, 0.29) is 63.2 Å². The summed E-state index contributed by atoms with van der Waals surface area (Å²) in [6.45, 7) is 1.82. The number of carbonyl (C=O) groups excluding carboxylic acids is 2. The van der Waals surface area contributed by atoms with Gasteiger partial charge in [0.05, 0.1) is 16.1 Å². The van der Waals surface area contributed by atoms with Gasteiger partial charge < -0.3 is 10.2 Å². The molecule has 1 fully saturated rings. The molecule has 0 saturated carbocycles. The molecule has 1 aliphatic rings. The van der Waals surface area contributed by atoms with E-state index in [1.54, 1.807) is 0 Å². The third-order valence-electron chi connectivity index (χ3n) is 6.47. The van der Waals surface area contributed by atoms with Gasteiger partial charge in [-0.25, -0.2) is 22.0 Å². The topological polar surface area (TPSA) is 147 Å². The van der Waals surface area contributed by atoms with Gasteiger partial charge in [-0.05, 0) is 48.9 Å². The molecule has 4 rings (SSSR count). The van der Waals surface area contributed by atoms with E-state index in [2.05, 4.69) is 5.32 Å². The molecule has 0 spiro atoms. The molecule has 2 amide bonds. The quantitative estimate of drug-likeness (QED) is 0.412. The standard InChI is InChI=1S/C26H26Cl2N4O6S2/c1-17(18-5-3-2-4-6-18)30-25(33)19-7-9-22(28)24(15-19)40(37,38)32-13-11-31(12-14-32)26(34)20-8-10-21(27)23(16-20)39(29,35)36/h2-10,15-17H,11-14H2,1H3,(H,30,33)(H2,29,35,36). The van der Waals surface area contributed by atoms with E-state index in [1.165, 1.54) is 39.5 Å². The first-order valence-electron chi connectivity index (χ1n) is 12.1. The number of halogens is 2. The van der Waals surface area contributed by atoms with E-state index >= 15 is 0 Å². The van der Waals surface area contributed by atoms with Crippen LogP contribution in [0.4, 0.5) is 0 Å². The van der Waals surface area contributed by atoms with Crippen molar-refractivity contribution in [3.8, 4) is 0 Å². The Morgan fingerprint density at radius 2 is 1.38 bits per heavy atom. The first kappa shape index (κ1) is 30.0. The molecule has 1 atom stereocenters. The third-order valence-corrected chi connectivity index (χ3v) is 10.2. The van der Waals surface area contributed by atoms with Crippen LogP contribution in [0.5, 0.6) is 0 Å². The van der Waals surface area contributed by atoms with Gasteiger partial charge in [-0.15, -0.1) is 0 Å². The van der Waals surface area contributed by atoms with E-state index in [0.717, 1.165) is 11.6 Å². The van der Waals surface area contributed by atoms with Crippen LogP contribution in [0.2, 0.25) is 10.0 Å². The van der Waals surface area contributed by atoms with Crippen LogP contribution in [0.1, 0.15) is 39.2 Å². The average molecular weight is 626 g/mol. The average Bonchev–Trinajstić information content (AvgIpc) is 2.93. The second-order valence-corrected chi connectivity index (χ2v) is 13.4. The van der Waals surface area contributed by atoms with E-state index in [0.29, 0.717) is 0 Å². The van der Waals surface area contributed by atoms with Crippen LogP contribution in [0.3, 0.4) is 0 Å². The summed E-state index contributed by atoms with van der Waals surface area (Å²) in [4.78, 5) is 26.7. The normalized spacial score (nSPS) is 15.4. The van der Waals surface area contributed by atoms with Gasteiger partial charge in [-0.2, -0.15) is 4.31 Å². The second kappa shape index (κ2) is 11.9. The fourth-order valence-corrected chi connectivity index (χ4v) is 7.25. The van der Waals surface area contributed by atoms with Gasteiger partial charge in [0.2, 0.25) is 20.0 Å². The van der Waals surface area contributed by atoms with Gasteiger partial charge in [0.15, 0.2) is 0 Å². The highest BCUT2D eigenvalue weighted by Crippen LogP contribution is 2.28. The van der Waals surface area contributed by atoms with Gasteiger partial charge in [0, 0.05) is 37.3 Å². The largest absolute Gasteiger partial charge is 0.346 e. The minimum atomic E-state index is -4.15. The van der Waals surface area contributed by atoms with Crippen molar-refractivity contribution in [2.24, 2.45) is 5.14 Å². The van der Waals surface area contributed by atoms with Crippen molar-refractivity contribution >= 4 is 55.1 Å². The number of sulfonamides is 2. The van der Waals surface area contributed by atoms with E-state index in [1.807, 2.05) is 37.3 Å². The second-order valence-electron chi connectivity index (χ2n) is 9.14. The van der Waals surface area contributed by atoms with E-state index in [9.17, 15) is 26.4 Å². The van der Waals surface area contributed by atoms with Crippen LogP contribution in [0.25, 0.3) is 0 Å². The molecule has 0 aromatic heterocycles. The number of piperazine rings is 1. The van der Waals surface area contributed by atoms with Crippen molar-refractivity contribution in [3.05, 3.63) is 93.5 Å². The molecule has 3 aromatic rings. The zero-order chi connectivity index (χ0) is 29.2. The summed E-state index contributed by atoms with van der Waals surface area (Å²) in [5, 5.41) is 7.87. The van der Waals surface area contributed by atoms with Crippen molar-refractivity contribution in [1.29, 1.82) is 0 Å². The fraction of sp³-hybridized carbons (Fsp3) is 0.231. The number of primary sulfonamides is 1. The molecular formula is C26H26Cl2N4O6S2. The number of hydrogen-bond donors (Lipinski definition) is 2. The first-order chi connectivity index (χ1) is 18.8. The van der Waals surface area contributed by atoms with Crippen molar-refractivity contribution in [1.82, 2.24) is 14.5 Å². The molecule has 1 saturated heterocycles. The molecule has 40 heavy (non-hydrogen) atoms. The first-order valence-corrected chi connectivity index (χ1v) is 15.8. The Kier molecular flexibility index (Phi) is 8.88. The Balaban J connectivity index is 1.47. The van der Waals surface area contributed by atoms with E-state index < -0.39 is 31.9 Å². The molecule has 3 aromatic carbocycles. The molecule has 3 N–H and O–H groups in total. The van der Waals surface area contributed by atoms with Crippen LogP contribution in [-0.4, -0.2) is 64.0 Å². The lowest BCUT2D eigenvalue weighted by atomic mass is 10.1. The highest BCUT2D eigenvalue weighted by atomic mass is 35.5. The lowest BCUT2D eigenvalue weighted by Crippen LogP contribution is -2.50. The lowest BCUT2D eigenvalue weighted by molar-refractivity contribution is 0.0697. The number of carbonyl (C=O) groups is 2. The van der Waals surface area contributed by atoms with Crippen molar-refractivity contribution in [2.75, 3.05) is 26.2 Å². The van der Waals surface area contributed by atoms with Gasteiger partial charge in [-0.3, -0.25) is 9.59 Å². The third kappa shape index (κ3) is 6.48. The maximum absolute atomic E-state index is 13.5. The predicted molar refractivity (Wildman–Crippen MR) is 151 cm³/mol. The molecular weight excluding hydrogens is 599 g/mol. The Morgan fingerprint density at radius 3 is 1.98 bits per heavy atom. The molecule has 1 heterocycles. The van der Waals surface area contributed by atoms with E-state index in [4.69, 9.17) is 28.3 Å². The Morgan fingerprint density at radius 1 is 0.825 bits per heavy atom. The maximum atomic E-state index is 13.5. The summed E-state index contributed by atoms with van der Waals surface area (Å²) < 4.78 is 51.7. The summed E-state index contributed by atoms with van der Waals surface area (Å²) in [6, 6.07) is 16.8. The molecule has 212 valence electrons. The summed E-state index contributed by atoms with van der Waals surface area (Å²) >= 11 is 12.2. The summed E-state index contributed by atoms with van der Waals surface area (Å²) in [5.41, 5.74) is 1.08. The number of nitrogens with two attached hydrogens (primary N) is 1. The lowest BCUT2D eigenvalue weighted by Gasteiger charge is -2.34. The van der Waals surface area contributed by atoms with Gasteiger partial charge in [0.25, 0.3) is 11.8 Å². The number of nitrogens with zero attached hydrogens (tertiary/aromatic N) is 2. The summed E-state index contributed by atoms with van der Waals surface area (Å²) in [5.74, 6) is -0.954. The van der Waals surface area contributed by atoms with Crippen LogP contribution in [0, 0.1) is 0 Å². The van der Waals surface area contributed by atoms with Crippen molar-refractivity contribution in [3.63, 3.8) is 0 Å². The monoisotopic (exact) mass is 624 g/mol.